The monoisotopic (exact) mass is 320 g/mol. The van der Waals surface area contributed by atoms with Crippen molar-refractivity contribution in [2.45, 2.75) is 19.9 Å². The van der Waals surface area contributed by atoms with Crippen molar-refractivity contribution < 1.29 is 14.7 Å². The summed E-state index contributed by atoms with van der Waals surface area (Å²) in [5, 5.41) is 10.7. The Kier molecular flexibility index (Phi) is 5.11. The van der Waals surface area contributed by atoms with Gasteiger partial charge in [0.2, 0.25) is 5.91 Å². The van der Waals surface area contributed by atoms with Crippen molar-refractivity contribution in [3.63, 3.8) is 0 Å². The summed E-state index contributed by atoms with van der Waals surface area (Å²) in [5.41, 5.74) is 1.33. The third-order valence-electron chi connectivity index (χ3n) is 3.19. The number of nitrogens with zero attached hydrogens (tertiary/aromatic N) is 2. The molecule has 1 aromatic carbocycles. The lowest BCUT2D eigenvalue weighted by atomic mass is 10.2. The zero-order valence-electron chi connectivity index (χ0n) is 12.1. The molecule has 1 amide bonds. The van der Waals surface area contributed by atoms with Crippen LogP contribution in [-0.2, 0) is 16.1 Å². The second kappa shape index (κ2) is 7.04. The molecule has 0 aliphatic heterocycles. The van der Waals surface area contributed by atoms with E-state index in [0.29, 0.717) is 5.69 Å². The first-order valence-electron chi connectivity index (χ1n) is 6.71. The molecule has 0 aliphatic rings. The number of aliphatic carboxylic acids is 1. The number of carbonyl (C=O) groups is 2. The molecule has 0 unspecified atom stereocenters. The van der Waals surface area contributed by atoms with Gasteiger partial charge in [-0.1, -0.05) is 29.5 Å². The Bertz CT molecular complexity index is 721. The standard InChI is InChI=1S/C15H16N2O4S/c1-11-10-22-15(21)16(11)8-7-13(18)17(9-14(19)20)12-5-3-2-4-6-12/h2-6,10H,7-9H2,1H3,(H,19,20). The first kappa shape index (κ1) is 16.0. The zero-order chi connectivity index (χ0) is 16.1. The maximum Gasteiger partial charge on any atom is 0.323 e. The average molecular weight is 320 g/mol. The molecule has 7 heteroatoms. The van der Waals surface area contributed by atoms with Gasteiger partial charge in [-0.05, 0) is 19.1 Å². The summed E-state index contributed by atoms with van der Waals surface area (Å²) in [4.78, 5) is 36.1. The van der Waals surface area contributed by atoms with E-state index in [-0.39, 0.29) is 23.7 Å². The number of hydrogen-bond acceptors (Lipinski definition) is 4. The Balaban J connectivity index is 2.13. The number of carbonyl (C=O) groups excluding carboxylic acids is 1. The van der Waals surface area contributed by atoms with Crippen molar-refractivity contribution in [2.75, 3.05) is 11.4 Å². The van der Waals surface area contributed by atoms with Gasteiger partial charge in [0, 0.05) is 29.7 Å². The van der Waals surface area contributed by atoms with Crippen LogP contribution in [0.5, 0.6) is 0 Å². The summed E-state index contributed by atoms with van der Waals surface area (Å²) in [6, 6.07) is 8.64. The van der Waals surface area contributed by atoms with Gasteiger partial charge in [-0.3, -0.25) is 14.4 Å². The third-order valence-corrected chi connectivity index (χ3v) is 4.07. The largest absolute Gasteiger partial charge is 0.480 e. The summed E-state index contributed by atoms with van der Waals surface area (Å²) in [5.74, 6) is -1.41. The average Bonchev–Trinajstić information content (AvgIpc) is 2.82. The van der Waals surface area contributed by atoms with Gasteiger partial charge in [-0.2, -0.15) is 0 Å². The number of hydrogen-bond donors (Lipinski definition) is 1. The van der Waals surface area contributed by atoms with Crippen LogP contribution >= 0.6 is 11.3 Å². The van der Waals surface area contributed by atoms with Crippen LogP contribution in [-0.4, -0.2) is 28.1 Å². The van der Waals surface area contributed by atoms with Gasteiger partial charge in [0.25, 0.3) is 0 Å². The van der Waals surface area contributed by atoms with E-state index in [1.165, 1.54) is 9.47 Å². The number of carboxylic acid groups (broad SMARTS) is 1. The van der Waals surface area contributed by atoms with E-state index >= 15 is 0 Å². The molecule has 1 aromatic heterocycles. The van der Waals surface area contributed by atoms with E-state index < -0.39 is 12.5 Å². The number of thiazole rings is 1. The highest BCUT2D eigenvalue weighted by Crippen LogP contribution is 2.14. The predicted molar refractivity (Wildman–Crippen MR) is 84.4 cm³/mol. The first-order valence-corrected chi connectivity index (χ1v) is 7.59. The van der Waals surface area contributed by atoms with Gasteiger partial charge in [0.1, 0.15) is 6.54 Å². The Morgan fingerprint density at radius 2 is 1.95 bits per heavy atom. The molecule has 2 rings (SSSR count). The van der Waals surface area contributed by atoms with Crippen molar-refractivity contribution in [3.05, 3.63) is 51.1 Å². The van der Waals surface area contributed by atoms with Crippen molar-refractivity contribution >= 4 is 28.9 Å². The van der Waals surface area contributed by atoms with Crippen LogP contribution in [0.15, 0.2) is 40.5 Å². The molecule has 0 radical (unpaired) electrons. The number of amides is 1. The molecule has 0 atom stereocenters. The topological polar surface area (TPSA) is 79.6 Å². The highest BCUT2D eigenvalue weighted by Gasteiger charge is 2.19. The number of aromatic nitrogens is 1. The van der Waals surface area contributed by atoms with E-state index in [1.807, 2.05) is 0 Å². The second-order valence-corrected chi connectivity index (χ2v) is 5.57. The summed E-state index contributed by atoms with van der Waals surface area (Å²) in [7, 11) is 0. The molecule has 0 saturated heterocycles. The maximum absolute atomic E-state index is 12.3. The summed E-state index contributed by atoms with van der Waals surface area (Å²) >= 11 is 1.09. The van der Waals surface area contributed by atoms with E-state index in [1.54, 1.807) is 42.6 Å². The molecule has 2 aromatic rings. The normalized spacial score (nSPS) is 10.4. The molecule has 0 bridgehead atoms. The molecule has 1 N–H and O–H groups in total. The molecule has 6 nitrogen and oxygen atoms in total. The van der Waals surface area contributed by atoms with E-state index in [4.69, 9.17) is 5.11 Å². The number of carboxylic acids is 1. The maximum atomic E-state index is 12.3. The van der Waals surface area contributed by atoms with Crippen LogP contribution < -0.4 is 9.77 Å². The lowest BCUT2D eigenvalue weighted by Gasteiger charge is -2.21. The molecule has 0 fully saturated rings. The Labute approximate surface area is 131 Å². The molecule has 0 aliphatic carbocycles. The zero-order valence-corrected chi connectivity index (χ0v) is 12.9. The van der Waals surface area contributed by atoms with E-state index in [2.05, 4.69) is 0 Å². The summed E-state index contributed by atoms with van der Waals surface area (Å²) in [6.07, 6.45) is 0.0691. The molecule has 116 valence electrons. The summed E-state index contributed by atoms with van der Waals surface area (Å²) < 4.78 is 1.52. The SMILES string of the molecule is Cc1csc(=O)n1CCC(=O)N(CC(=O)O)c1ccccc1. The Morgan fingerprint density at radius 1 is 1.27 bits per heavy atom. The first-order chi connectivity index (χ1) is 10.5. The minimum absolute atomic E-state index is 0.0691. The van der Waals surface area contributed by atoms with Crippen molar-refractivity contribution in [1.82, 2.24) is 4.57 Å². The highest BCUT2D eigenvalue weighted by molar-refractivity contribution is 7.07. The fourth-order valence-electron chi connectivity index (χ4n) is 2.08. The van der Waals surface area contributed by atoms with E-state index in [0.717, 1.165) is 17.0 Å². The van der Waals surface area contributed by atoms with Gasteiger partial charge >= 0.3 is 10.8 Å². The second-order valence-electron chi connectivity index (χ2n) is 4.75. The fourth-order valence-corrected chi connectivity index (χ4v) is 2.84. The van der Waals surface area contributed by atoms with Crippen LogP contribution in [0.3, 0.4) is 0 Å². The van der Waals surface area contributed by atoms with Gasteiger partial charge in [0.05, 0.1) is 0 Å². The Hall–Kier alpha value is -2.41. The lowest BCUT2D eigenvalue weighted by Crippen LogP contribution is -2.36. The van der Waals surface area contributed by atoms with Crippen LogP contribution in [0.1, 0.15) is 12.1 Å². The molecular weight excluding hydrogens is 304 g/mol. The predicted octanol–water partition coefficient (Wildman–Crippen LogP) is 1.73. The van der Waals surface area contributed by atoms with Gasteiger partial charge in [-0.15, -0.1) is 0 Å². The van der Waals surface area contributed by atoms with Crippen LogP contribution in [0.25, 0.3) is 0 Å². The molecule has 22 heavy (non-hydrogen) atoms. The van der Waals surface area contributed by atoms with E-state index in [9.17, 15) is 14.4 Å². The minimum Gasteiger partial charge on any atom is -0.480 e. The van der Waals surface area contributed by atoms with Crippen LogP contribution in [0.2, 0.25) is 0 Å². The third kappa shape index (κ3) is 3.82. The quantitative estimate of drug-likeness (QED) is 0.879. The summed E-state index contributed by atoms with van der Waals surface area (Å²) in [6.45, 7) is 1.64. The van der Waals surface area contributed by atoms with Gasteiger partial charge < -0.3 is 14.6 Å². The highest BCUT2D eigenvalue weighted by atomic mass is 32.1. The number of rotatable bonds is 6. The Morgan fingerprint density at radius 3 is 2.50 bits per heavy atom. The van der Waals surface area contributed by atoms with Gasteiger partial charge in [-0.25, -0.2) is 0 Å². The minimum atomic E-state index is -1.08. The molecule has 1 heterocycles. The van der Waals surface area contributed by atoms with Crippen LogP contribution in [0, 0.1) is 6.92 Å². The number of benzene rings is 1. The fraction of sp³-hybridized carbons (Fsp3) is 0.267. The van der Waals surface area contributed by atoms with Gasteiger partial charge in [0.15, 0.2) is 0 Å². The molecule has 0 spiro atoms. The van der Waals surface area contributed by atoms with Crippen LogP contribution in [0.4, 0.5) is 5.69 Å². The smallest absolute Gasteiger partial charge is 0.323 e. The number of anilines is 1. The van der Waals surface area contributed by atoms with Crippen molar-refractivity contribution in [3.8, 4) is 0 Å². The number of para-hydroxylation sites is 1. The van der Waals surface area contributed by atoms with Crippen molar-refractivity contribution in [2.24, 2.45) is 0 Å². The molecule has 0 saturated carbocycles. The number of aryl methyl sites for hydroxylation is 1. The van der Waals surface area contributed by atoms with Crippen molar-refractivity contribution in [1.29, 1.82) is 0 Å². The lowest BCUT2D eigenvalue weighted by molar-refractivity contribution is -0.136. The molecular formula is C15H16N2O4S.